The highest BCUT2D eigenvalue weighted by molar-refractivity contribution is 6.06. The zero-order chi connectivity index (χ0) is 22.3. The van der Waals surface area contributed by atoms with Crippen LogP contribution in [0.4, 0.5) is 4.79 Å². The van der Waals surface area contributed by atoms with Gasteiger partial charge in [-0.05, 0) is 49.1 Å². The summed E-state index contributed by atoms with van der Waals surface area (Å²) in [5.41, 5.74) is 3.22. The first-order valence-electron chi connectivity index (χ1n) is 10.9. The van der Waals surface area contributed by atoms with E-state index in [4.69, 9.17) is 9.72 Å². The van der Waals surface area contributed by atoms with E-state index in [1.54, 1.807) is 0 Å². The second-order valence-electron chi connectivity index (χ2n) is 9.50. The van der Waals surface area contributed by atoms with Crippen molar-refractivity contribution in [2.24, 2.45) is 11.3 Å². The van der Waals surface area contributed by atoms with Crippen LogP contribution in [0.5, 0.6) is 0 Å². The highest BCUT2D eigenvalue weighted by Gasteiger charge is 2.35. The molecule has 1 aliphatic carbocycles. The van der Waals surface area contributed by atoms with Crippen molar-refractivity contribution in [1.82, 2.24) is 15.2 Å². The van der Waals surface area contributed by atoms with Crippen LogP contribution in [-0.4, -0.2) is 47.0 Å². The van der Waals surface area contributed by atoms with Crippen LogP contribution in [-0.2, 0) is 22.4 Å². The summed E-state index contributed by atoms with van der Waals surface area (Å²) in [6.45, 7) is 8.85. The third-order valence-electron chi connectivity index (χ3n) is 6.44. The number of urea groups is 1. The Balaban J connectivity index is 1.69. The van der Waals surface area contributed by atoms with E-state index in [-0.39, 0.29) is 12.0 Å². The Morgan fingerprint density at radius 3 is 2.68 bits per heavy atom. The number of imide groups is 1. The summed E-state index contributed by atoms with van der Waals surface area (Å²) in [5.74, 6) is -0.630. The number of carbonyl (C=O) groups is 3. The Morgan fingerprint density at radius 2 is 2.00 bits per heavy atom. The molecule has 2 heterocycles. The Labute approximate surface area is 182 Å². The van der Waals surface area contributed by atoms with Crippen molar-refractivity contribution in [2.45, 2.75) is 53.1 Å². The fourth-order valence-electron chi connectivity index (χ4n) is 4.53. The molecular weight excluding hydrogens is 394 g/mol. The van der Waals surface area contributed by atoms with E-state index in [9.17, 15) is 14.4 Å². The molecule has 3 amide bonds. The number of esters is 1. The number of fused-ring (bicyclic) bond motifs is 2. The third kappa shape index (κ3) is 4.01. The number of para-hydroxylation sites is 1. The number of aromatic nitrogens is 1. The molecule has 7 heteroatoms. The first-order valence-corrected chi connectivity index (χ1v) is 10.9. The molecule has 1 saturated heterocycles. The minimum atomic E-state index is -1.05. The lowest BCUT2D eigenvalue weighted by Gasteiger charge is -2.35. The average molecular weight is 424 g/mol. The lowest BCUT2D eigenvalue weighted by Crippen LogP contribution is -2.42. The number of carbonyl (C=O) groups excluding carboxylic acids is 3. The number of pyridine rings is 1. The summed E-state index contributed by atoms with van der Waals surface area (Å²) >= 11 is 0. The summed E-state index contributed by atoms with van der Waals surface area (Å²) in [6, 6.07) is 7.09. The predicted molar refractivity (Wildman–Crippen MR) is 117 cm³/mol. The zero-order valence-corrected chi connectivity index (χ0v) is 18.5. The van der Waals surface area contributed by atoms with Crippen molar-refractivity contribution in [3.05, 3.63) is 41.1 Å². The molecule has 0 saturated carbocycles. The van der Waals surface area contributed by atoms with Gasteiger partial charge in [-0.25, -0.2) is 9.59 Å². The van der Waals surface area contributed by atoms with Crippen LogP contribution in [0.1, 0.15) is 55.7 Å². The maximum absolute atomic E-state index is 13.4. The molecule has 0 radical (unpaired) electrons. The highest BCUT2D eigenvalue weighted by atomic mass is 16.5. The minimum absolute atomic E-state index is 0.108. The standard InChI is InChI=1S/C24H29N3O4/c1-14(21(28)27-12-11-25-23(27)30)31-22(29)20-16-7-5-6-8-18(16)26-19-10-9-15(13-17(19)20)24(2,3)4/h5-8,14-15H,9-13H2,1-4H3,(H,25,30)/t14-,15+/m0/s1. The Bertz CT molecular complexity index is 1060. The lowest BCUT2D eigenvalue weighted by atomic mass is 9.70. The summed E-state index contributed by atoms with van der Waals surface area (Å²) in [4.78, 5) is 43.7. The molecule has 31 heavy (non-hydrogen) atoms. The van der Waals surface area contributed by atoms with E-state index in [1.807, 2.05) is 24.3 Å². The molecule has 1 N–H and O–H groups in total. The largest absolute Gasteiger partial charge is 0.449 e. The van der Waals surface area contributed by atoms with Crippen LogP contribution in [0.25, 0.3) is 10.9 Å². The maximum Gasteiger partial charge on any atom is 0.339 e. The van der Waals surface area contributed by atoms with Crippen molar-refractivity contribution in [1.29, 1.82) is 0 Å². The molecule has 1 aromatic heterocycles. The first kappa shape index (κ1) is 21.3. The molecule has 1 aliphatic heterocycles. The topological polar surface area (TPSA) is 88.6 Å². The van der Waals surface area contributed by atoms with Crippen LogP contribution in [0, 0.1) is 11.3 Å². The molecule has 0 unspecified atom stereocenters. The van der Waals surface area contributed by atoms with E-state index in [0.29, 0.717) is 18.0 Å². The zero-order valence-electron chi connectivity index (χ0n) is 18.5. The van der Waals surface area contributed by atoms with Gasteiger partial charge in [-0.1, -0.05) is 39.0 Å². The van der Waals surface area contributed by atoms with Crippen molar-refractivity contribution < 1.29 is 19.1 Å². The smallest absolute Gasteiger partial charge is 0.339 e. The summed E-state index contributed by atoms with van der Waals surface area (Å²) in [5, 5.41) is 3.33. The normalized spacial score (nSPS) is 19.7. The van der Waals surface area contributed by atoms with Crippen LogP contribution >= 0.6 is 0 Å². The fourth-order valence-corrected chi connectivity index (χ4v) is 4.53. The van der Waals surface area contributed by atoms with E-state index in [1.165, 1.54) is 6.92 Å². The number of ether oxygens (including phenoxy) is 1. The number of nitrogens with one attached hydrogen (secondary N) is 1. The van der Waals surface area contributed by atoms with Crippen LogP contribution in [0.2, 0.25) is 0 Å². The minimum Gasteiger partial charge on any atom is -0.449 e. The van der Waals surface area contributed by atoms with Gasteiger partial charge in [0.1, 0.15) is 0 Å². The van der Waals surface area contributed by atoms with Gasteiger partial charge >= 0.3 is 12.0 Å². The van der Waals surface area contributed by atoms with Crippen LogP contribution < -0.4 is 5.32 Å². The van der Waals surface area contributed by atoms with Gasteiger partial charge in [0.25, 0.3) is 5.91 Å². The van der Waals surface area contributed by atoms with Crippen LogP contribution in [0.3, 0.4) is 0 Å². The molecule has 2 aromatic rings. The first-order chi connectivity index (χ1) is 14.7. The number of hydrogen-bond donors (Lipinski definition) is 1. The monoisotopic (exact) mass is 423 g/mol. The Morgan fingerprint density at radius 1 is 1.26 bits per heavy atom. The lowest BCUT2D eigenvalue weighted by molar-refractivity contribution is -0.136. The fraction of sp³-hybridized carbons (Fsp3) is 0.500. The number of hydrogen-bond acceptors (Lipinski definition) is 5. The number of amides is 3. The van der Waals surface area contributed by atoms with Gasteiger partial charge in [0.05, 0.1) is 11.1 Å². The molecular formula is C24H29N3O4. The molecule has 164 valence electrons. The maximum atomic E-state index is 13.4. The molecule has 7 nitrogen and oxygen atoms in total. The number of nitrogens with zero attached hydrogens (tertiary/aromatic N) is 2. The van der Waals surface area contributed by atoms with Gasteiger partial charge in [0.2, 0.25) is 0 Å². The second-order valence-corrected chi connectivity index (χ2v) is 9.50. The number of aryl methyl sites for hydroxylation is 1. The molecule has 1 aromatic carbocycles. The highest BCUT2D eigenvalue weighted by Crippen LogP contribution is 2.39. The van der Waals surface area contributed by atoms with Gasteiger partial charge < -0.3 is 10.1 Å². The summed E-state index contributed by atoms with van der Waals surface area (Å²) in [7, 11) is 0. The van der Waals surface area contributed by atoms with Crippen molar-refractivity contribution in [3.8, 4) is 0 Å². The average Bonchev–Trinajstić information content (AvgIpc) is 3.15. The van der Waals surface area contributed by atoms with E-state index >= 15 is 0 Å². The number of benzene rings is 1. The number of rotatable bonds is 3. The van der Waals surface area contributed by atoms with E-state index in [0.717, 1.165) is 46.3 Å². The third-order valence-corrected chi connectivity index (χ3v) is 6.44. The van der Waals surface area contributed by atoms with E-state index in [2.05, 4.69) is 26.1 Å². The summed E-state index contributed by atoms with van der Waals surface area (Å²) in [6.07, 6.45) is 1.53. The van der Waals surface area contributed by atoms with Crippen molar-refractivity contribution >= 4 is 28.8 Å². The van der Waals surface area contributed by atoms with Crippen molar-refractivity contribution in [2.75, 3.05) is 13.1 Å². The van der Waals surface area contributed by atoms with Gasteiger partial charge in [-0.15, -0.1) is 0 Å². The second kappa shape index (κ2) is 7.94. The quantitative estimate of drug-likeness (QED) is 0.764. The SMILES string of the molecule is C[C@H](OC(=O)c1c2c(nc3ccccc13)CC[C@@H](C(C)(C)C)C2)C(=O)N1CCNC1=O. The van der Waals surface area contributed by atoms with Gasteiger partial charge in [0.15, 0.2) is 6.10 Å². The Hall–Kier alpha value is -2.96. The van der Waals surface area contributed by atoms with Crippen molar-refractivity contribution in [3.63, 3.8) is 0 Å². The van der Waals surface area contributed by atoms with Gasteiger partial charge in [-0.2, -0.15) is 0 Å². The summed E-state index contributed by atoms with van der Waals surface area (Å²) < 4.78 is 5.62. The van der Waals surface area contributed by atoms with Crippen LogP contribution in [0.15, 0.2) is 24.3 Å². The van der Waals surface area contributed by atoms with E-state index < -0.39 is 24.0 Å². The molecule has 1 fully saturated rings. The molecule has 2 atom stereocenters. The molecule has 0 spiro atoms. The Kier molecular flexibility index (Phi) is 5.45. The predicted octanol–water partition coefficient (Wildman–Crippen LogP) is 3.48. The molecule has 4 rings (SSSR count). The molecule has 2 aliphatic rings. The van der Waals surface area contributed by atoms with Gasteiger partial charge in [-0.3, -0.25) is 14.7 Å². The molecule has 0 bridgehead atoms. The van der Waals surface area contributed by atoms with Gasteiger partial charge in [0, 0.05) is 24.2 Å².